The van der Waals surface area contributed by atoms with E-state index < -0.39 is 0 Å². The quantitative estimate of drug-likeness (QED) is 0.455. The van der Waals surface area contributed by atoms with E-state index in [2.05, 4.69) is 0 Å². The first-order valence-corrected chi connectivity index (χ1v) is 2.75. The second-order valence-corrected chi connectivity index (χ2v) is 1.70. The van der Waals surface area contributed by atoms with Crippen LogP contribution in [0.5, 0.6) is 0 Å². The number of hydrogen-bond acceptors (Lipinski definition) is 2. The van der Waals surface area contributed by atoms with Crippen LogP contribution >= 0.6 is 8.58 Å². The van der Waals surface area contributed by atoms with Crippen LogP contribution in [0.4, 0.5) is 0 Å². The van der Waals surface area contributed by atoms with Gasteiger partial charge in [-0.25, -0.2) is 0 Å². The van der Waals surface area contributed by atoms with Gasteiger partial charge in [0.1, 0.15) is 0 Å². The van der Waals surface area contributed by atoms with Gasteiger partial charge in [0.2, 0.25) is 0 Å². The van der Waals surface area contributed by atoms with E-state index in [1.807, 2.05) is 0 Å². The van der Waals surface area contributed by atoms with Gasteiger partial charge in [0.15, 0.2) is 0 Å². The summed E-state index contributed by atoms with van der Waals surface area (Å²) in [6, 6.07) is 0. The van der Waals surface area contributed by atoms with Crippen molar-refractivity contribution in [1.82, 2.24) is 0 Å². The highest BCUT2D eigenvalue weighted by atomic mass is 31.1. The number of rotatable bonds is 2. The van der Waals surface area contributed by atoms with Gasteiger partial charge in [0.25, 0.3) is 0 Å². The molecule has 0 aromatic carbocycles. The van der Waals surface area contributed by atoms with Crippen molar-refractivity contribution in [1.29, 1.82) is 0 Å². The first-order valence-electron chi connectivity index (χ1n) is 1.34. The molecule has 0 amide bonds. The van der Waals surface area contributed by atoms with Crippen molar-refractivity contribution in [3.05, 3.63) is 0 Å². The van der Waals surface area contributed by atoms with Crippen LogP contribution in [-0.4, -0.2) is 22.9 Å². The first-order chi connectivity index (χ1) is 2.41. The van der Waals surface area contributed by atoms with Crippen molar-refractivity contribution in [3.8, 4) is 0 Å². The molecule has 0 unspecified atom stereocenters. The molecular weight excluding hydrogens is 87.0 g/mol. The van der Waals surface area contributed by atoms with Crippen LogP contribution in [0, 0.1) is 0 Å². The van der Waals surface area contributed by atoms with Crippen molar-refractivity contribution in [2.24, 2.45) is 0 Å². The monoisotopic (exact) mass is 94.0 g/mol. The van der Waals surface area contributed by atoms with E-state index >= 15 is 0 Å². The average molecular weight is 94.0 g/mol. The Morgan fingerprint density at radius 1 is 1.20 bits per heavy atom. The number of aliphatic hydroxyl groups excluding tert-OH is 2. The van der Waals surface area contributed by atoms with Crippen molar-refractivity contribution in [3.63, 3.8) is 0 Å². The highest BCUT2D eigenvalue weighted by Gasteiger charge is 1.69. The van der Waals surface area contributed by atoms with E-state index in [-0.39, 0.29) is 12.7 Å². The van der Waals surface area contributed by atoms with Gasteiger partial charge in [0.05, 0.1) is 12.7 Å². The van der Waals surface area contributed by atoms with Gasteiger partial charge in [0, 0.05) is 0 Å². The molecule has 0 radical (unpaired) electrons. The van der Waals surface area contributed by atoms with Gasteiger partial charge in [-0.3, -0.25) is 0 Å². The third kappa shape index (κ3) is 4.35. The molecule has 3 heteroatoms. The smallest absolute Gasteiger partial charge is 0.0618 e. The maximum Gasteiger partial charge on any atom is 0.0618 e. The molecular formula is C2H7O2P. The second kappa shape index (κ2) is 4.35. The number of hydrogen-bond donors (Lipinski definition) is 2. The van der Waals surface area contributed by atoms with Gasteiger partial charge in [-0.15, -0.1) is 0 Å². The third-order valence-corrected chi connectivity index (χ3v) is 0.671. The predicted octanol–water partition coefficient (Wildman–Crippen LogP) is -0.435. The van der Waals surface area contributed by atoms with Crippen molar-refractivity contribution in [2.75, 3.05) is 12.7 Å². The van der Waals surface area contributed by atoms with E-state index in [4.69, 9.17) is 10.2 Å². The summed E-state index contributed by atoms with van der Waals surface area (Å²) >= 11 is 0. The van der Waals surface area contributed by atoms with Crippen molar-refractivity contribution >= 4 is 8.58 Å². The molecule has 0 saturated carbocycles. The zero-order valence-electron chi connectivity index (χ0n) is 2.81. The maximum atomic E-state index is 7.92. The molecule has 0 aliphatic carbocycles. The van der Waals surface area contributed by atoms with Crippen molar-refractivity contribution < 1.29 is 10.2 Å². The summed E-state index contributed by atoms with van der Waals surface area (Å²) < 4.78 is 0. The lowest BCUT2D eigenvalue weighted by Gasteiger charge is -1.80. The molecule has 0 aliphatic heterocycles. The number of aliphatic hydroxyl groups is 2. The topological polar surface area (TPSA) is 40.5 Å². The fourth-order valence-corrected chi connectivity index (χ4v) is 0.150. The summed E-state index contributed by atoms with van der Waals surface area (Å²) in [6.07, 6.45) is 0.243. The van der Waals surface area contributed by atoms with Gasteiger partial charge in [-0.2, -0.15) is 0 Å². The summed E-state index contributed by atoms with van der Waals surface area (Å²) in [5.74, 6) is 0. The summed E-state index contributed by atoms with van der Waals surface area (Å²) in [4.78, 5) is 0. The minimum atomic E-state index is 0.122. The Morgan fingerprint density at radius 2 is 1.60 bits per heavy atom. The van der Waals surface area contributed by atoms with Crippen LogP contribution in [0.2, 0.25) is 0 Å². The summed E-state index contributed by atoms with van der Waals surface area (Å²) in [5, 5.41) is 15.8. The Hall–Kier alpha value is 0.350. The lowest BCUT2D eigenvalue weighted by Crippen LogP contribution is -1.70. The fraction of sp³-hybridized carbons (Fsp3) is 1.00. The van der Waals surface area contributed by atoms with Gasteiger partial charge >= 0.3 is 0 Å². The predicted molar refractivity (Wildman–Crippen MR) is 22.5 cm³/mol. The van der Waals surface area contributed by atoms with Crippen LogP contribution < -0.4 is 0 Å². The van der Waals surface area contributed by atoms with E-state index in [1.54, 1.807) is 0 Å². The van der Waals surface area contributed by atoms with Gasteiger partial charge < -0.3 is 10.2 Å². The van der Waals surface area contributed by atoms with Crippen LogP contribution in [-0.2, 0) is 0 Å². The second-order valence-electron chi connectivity index (χ2n) is 0.566. The van der Waals surface area contributed by atoms with Crippen LogP contribution in [0.15, 0.2) is 0 Å². The van der Waals surface area contributed by atoms with Crippen LogP contribution in [0.1, 0.15) is 0 Å². The average Bonchev–Trinajstić information content (AvgIpc) is 1.41. The lowest BCUT2D eigenvalue weighted by molar-refractivity contribution is 0.348. The van der Waals surface area contributed by atoms with Crippen LogP contribution in [0.25, 0.3) is 0 Å². The normalized spacial score (nSPS) is 8.40. The molecule has 0 saturated heterocycles. The largest absolute Gasteiger partial charge is 0.392 e. The zero-order valence-corrected chi connectivity index (χ0v) is 3.81. The van der Waals surface area contributed by atoms with E-state index in [0.717, 1.165) is 0 Å². The summed E-state index contributed by atoms with van der Waals surface area (Å²) in [5.41, 5.74) is 0. The Bertz CT molecular complexity index is 15.1. The molecule has 2 N–H and O–H groups in total. The molecule has 0 aromatic rings. The molecule has 0 atom stereocenters. The van der Waals surface area contributed by atoms with E-state index in [0.29, 0.717) is 8.58 Å². The molecule has 32 valence electrons. The zero-order chi connectivity index (χ0) is 4.12. The Labute approximate surface area is 32.6 Å². The van der Waals surface area contributed by atoms with Crippen LogP contribution in [0.3, 0.4) is 0 Å². The summed E-state index contributed by atoms with van der Waals surface area (Å²) in [7, 11) is 0.309. The molecule has 0 spiro atoms. The fourth-order valence-electron chi connectivity index (χ4n) is 0.0500. The molecule has 5 heavy (non-hydrogen) atoms. The first kappa shape index (κ1) is 5.35. The maximum absolute atomic E-state index is 7.92. The van der Waals surface area contributed by atoms with E-state index in [9.17, 15) is 0 Å². The van der Waals surface area contributed by atoms with Crippen molar-refractivity contribution in [2.45, 2.75) is 0 Å². The lowest BCUT2D eigenvalue weighted by atomic mass is 11.7. The molecule has 0 fully saturated rings. The Morgan fingerprint density at radius 3 is 1.60 bits per heavy atom. The Balaban J connectivity index is 2.19. The molecule has 0 rings (SSSR count). The highest BCUT2D eigenvalue weighted by Crippen LogP contribution is 2.00. The standard InChI is InChI=1S/C2H7O2P/c3-1-5-2-4/h3-5H,1-2H2. The third-order valence-electron chi connectivity index (χ3n) is 0.224. The summed E-state index contributed by atoms with van der Waals surface area (Å²) in [6.45, 7) is 0. The molecule has 0 bridgehead atoms. The molecule has 0 aliphatic rings. The minimum absolute atomic E-state index is 0.122. The van der Waals surface area contributed by atoms with E-state index in [1.165, 1.54) is 0 Å². The Kier molecular flexibility index (Phi) is 4.65. The molecule has 0 aromatic heterocycles. The SMILES string of the molecule is OCPCO. The molecule has 0 heterocycles. The highest BCUT2D eigenvalue weighted by molar-refractivity contribution is 7.37. The van der Waals surface area contributed by atoms with Gasteiger partial charge in [-0.05, 0) is 0 Å². The molecule has 2 nitrogen and oxygen atoms in total. The van der Waals surface area contributed by atoms with Gasteiger partial charge in [-0.1, -0.05) is 8.58 Å². The minimum Gasteiger partial charge on any atom is -0.392 e.